The number of anilines is 2. The van der Waals surface area contributed by atoms with Crippen LogP contribution < -0.4 is 21.6 Å². The average molecular weight is 531 g/mol. The van der Waals surface area contributed by atoms with Gasteiger partial charge in [-0.3, -0.25) is 4.90 Å². The Kier molecular flexibility index (Phi) is 8.41. The number of nitrogens with two attached hydrogens (primary N) is 1. The first-order valence-electron chi connectivity index (χ1n) is 13.8. The van der Waals surface area contributed by atoms with Crippen LogP contribution in [0, 0.1) is 11.8 Å². The Bertz CT molecular complexity index is 1390. The predicted molar refractivity (Wildman–Crippen MR) is 160 cm³/mol. The van der Waals surface area contributed by atoms with E-state index in [-0.39, 0.29) is 22.7 Å². The molecule has 4 rings (SSSR count). The maximum Gasteiger partial charge on any atom is 0.344 e. The number of benzene rings is 2. The normalized spacial score (nSPS) is 17.8. The summed E-state index contributed by atoms with van der Waals surface area (Å²) in [4.78, 5) is 17.3. The van der Waals surface area contributed by atoms with E-state index in [1.807, 2.05) is 42.5 Å². The molecule has 0 radical (unpaired) electrons. The molecule has 0 saturated carbocycles. The van der Waals surface area contributed by atoms with Crippen LogP contribution in [-0.4, -0.2) is 46.8 Å². The highest BCUT2D eigenvalue weighted by Gasteiger charge is 2.43. The van der Waals surface area contributed by atoms with E-state index >= 15 is 0 Å². The quantitative estimate of drug-likeness (QED) is 0.223. The van der Waals surface area contributed by atoms with Gasteiger partial charge in [0.2, 0.25) is 0 Å². The molecule has 2 aromatic carbocycles. The lowest BCUT2D eigenvalue weighted by molar-refractivity contribution is -0.0230. The fraction of sp³-hybridized carbons (Fsp3) is 0.469. The number of nitrogens with zero attached hydrogens (tertiary/aromatic N) is 2. The summed E-state index contributed by atoms with van der Waals surface area (Å²) in [6, 6.07) is 15.2. The van der Waals surface area contributed by atoms with E-state index in [2.05, 4.69) is 68.5 Å². The zero-order chi connectivity index (χ0) is 28.4. The highest BCUT2D eigenvalue weighted by atomic mass is 16.4. The molecule has 1 unspecified atom stereocenters. The van der Waals surface area contributed by atoms with Crippen molar-refractivity contribution < 1.29 is 9.52 Å². The van der Waals surface area contributed by atoms with Crippen molar-refractivity contribution in [3.05, 3.63) is 70.1 Å². The minimum Gasteiger partial charge on any atom is -0.422 e. The Balaban J connectivity index is 1.44. The largest absolute Gasteiger partial charge is 0.422 e. The standard InChI is InChI=1S/C32H42N4O3/c1-7-35(8-2)26-16-13-23-18-27(30(38)39-28(23)19-26)29(37)34-25-14-11-22(12-15-25)10-9-17-36-31(3,4)20-24(33)21-32(36,5)6/h11-16,18-19,24,29,34,37H,7-8,17,20-21,33H2,1-6H3. The molecule has 1 aliphatic heterocycles. The summed E-state index contributed by atoms with van der Waals surface area (Å²) in [5.41, 5.74) is 8.94. The summed E-state index contributed by atoms with van der Waals surface area (Å²) in [5.74, 6) is 6.59. The van der Waals surface area contributed by atoms with E-state index in [1.54, 1.807) is 6.07 Å². The van der Waals surface area contributed by atoms with Crippen molar-refractivity contribution in [2.24, 2.45) is 5.73 Å². The highest BCUT2D eigenvalue weighted by Crippen LogP contribution is 2.37. The molecule has 1 fully saturated rings. The minimum absolute atomic E-state index is 0.0110. The first-order valence-corrected chi connectivity index (χ1v) is 13.8. The lowest BCUT2D eigenvalue weighted by atomic mass is 9.77. The molecule has 0 spiro atoms. The molecule has 0 bridgehead atoms. The van der Waals surface area contributed by atoms with Crippen LogP contribution in [-0.2, 0) is 0 Å². The number of aliphatic hydroxyl groups excluding tert-OH is 1. The molecule has 0 amide bonds. The summed E-state index contributed by atoms with van der Waals surface area (Å²) in [6.07, 6.45) is 0.696. The van der Waals surface area contributed by atoms with E-state index in [0.29, 0.717) is 17.8 Å². The van der Waals surface area contributed by atoms with E-state index in [4.69, 9.17) is 10.2 Å². The van der Waals surface area contributed by atoms with Crippen LogP contribution in [0.1, 0.15) is 71.7 Å². The maximum absolute atomic E-state index is 12.7. The van der Waals surface area contributed by atoms with Crippen molar-refractivity contribution in [3.63, 3.8) is 0 Å². The lowest BCUT2D eigenvalue weighted by Crippen LogP contribution is -2.63. The third kappa shape index (κ3) is 6.47. The fourth-order valence-corrected chi connectivity index (χ4v) is 6.02. The molecular weight excluding hydrogens is 488 g/mol. The van der Waals surface area contributed by atoms with Crippen LogP contribution in [0.15, 0.2) is 57.7 Å². The second-order valence-corrected chi connectivity index (χ2v) is 11.7. The number of fused-ring (bicyclic) bond motifs is 1. The van der Waals surface area contributed by atoms with Gasteiger partial charge >= 0.3 is 5.63 Å². The SMILES string of the molecule is CCN(CC)c1ccc2cc(C(O)Nc3ccc(C#CCN4C(C)(C)CC(N)CC4(C)C)cc3)c(=O)oc2c1. The molecule has 1 atom stereocenters. The number of hydrogen-bond donors (Lipinski definition) is 3. The number of nitrogens with one attached hydrogen (secondary N) is 1. The molecule has 0 aliphatic carbocycles. The number of hydrogen-bond acceptors (Lipinski definition) is 7. The van der Waals surface area contributed by atoms with Gasteiger partial charge in [0.25, 0.3) is 0 Å². The first kappa shape index (κ1) is 28.7. The Morgan fingerprint density at radius 1 is 1.08 bits per heavy atom. The molecule has 1 aromatic heterocycles. The van der Waals surface area contributed by atoms with Gasteiger partial charge in [-0.05, 0) is 96.8 Å². The number of rotatable bonds is 7. The maximum atomic E-state index is 12.7. The number of piperidine rings is 1. The van der Waals surface area contributed by atoms with Crippen molar-refractivity contribution in [1.29, 1.82) is 0 Å². The van der Waals surface area contributed by atoms with Gasteiger partial charge < -0.3 is 25.5 Å². The molecule has 39 heavy (non-hydrogen) atoms. The Labute approximate surface area is 232 Å². The van der Waals surface area contributed by atoms with Gasteiger partial charge in [0.15, 0.2) is 6.23 Å². The third-order valence-electron chi connectivity index (χ3n) is 7.81. The van der Waals surface area contributed by atoms with Crippen LogP contribution in [0.3, 0.4) is 0 Å². The monoisotopic (exact) mass is 530 g/mol. The van der Waals surface area contributed by atoms with Crippen LogP contribution in [0.2, 0.25) is 0 Å². The fourth-order valence-electron chi connectivity index (χ4n) is 6.02. The van der Waals surface area contributed by atoms with Crippen molar-refractivity contribution in [2.45, 2.75) is 77.7 Å². The summed E-state index contributed by atoms with van der Waals surface area (Å²) < 4.78 is 5.57. The summed E-state index contributed by atoms with van der Waals surface area (Å²) in [6.45, 7) is 15.5. The number of likely N-dealkylation sites (tertiary alicyclic amines) is 1. The van der Waals surface area contributed by atoms with Gasteiger partial charge in [0.05, 0.1) is 12.1 Å². The zero-order valence-electron chi connectivity index (χ0n) is 24.0. The molecule has 1 saturated heterocycles. The van der Waals surface area contributed by atoms with Crippen LogP contribution in [0.25, 0.3) is 11.0 Å². The van der Waals surface area contributed by atoms with Crippen molar-refractivity contribution in [2.75, 3.05) is 29.9 Å². The average Bonchev–Trinajstić information content (AvgIpc) is 2.86. The molecule has 4 N–H and O–H groups in total. The third-order valence-corrected chi connectivity index (χ3v) is 7.81. The lowest BCUT2D eigenvalue weighted by Gasteiger charge is -2.54. The Morgan fingerprint density at radius 2 is 1.72 bits per heavy atom. The van der Waals surface area contributed by atoms with Crippen LogP contribution in [0.4, 0.5) is 11.4 Å². The van der Waals surface area contributed by atoms with Gasteiger partial charge in [0.1, 0.15) is 5.58 Å². The van der Waals surface area contributed by atoms with Gasteiger partial charge in [-0.1, -0.05) is 11.8 Å². The van der Waals surface area contributed by atoms with Crippen molar-refractivity contribution in [1.82, 2.24) is 4.90 Å². The van der Waals surface area contributed by atoms with Gasteiger partial charge in [-0.2, -0.15) is 0 Å². The van der Waals surface area contributed by atoms with Crippen LogP contribution in [0.5, 0.6) is 0 Å². The van der Waals surface area contributed by atoms with E-state index in [9.17, 15) is 9.90 Å². The van der Waals surface area contributed by atoms with Crippen molar-refractivity contribution in [3.8, 4) is 11.8 Å². The van der Waals surface area contributed by atoms with E-state index in [1.165, 1.54) is 0 Å². The highest BCUT2D eigenvalue weighted by molar-refractivity contribution is 5.81. The smallest absolute Gasteiger partial charge is 0.344 e. The zero-order valence-corrected chi connectivity index (χ0v) is 24.0. The summed E-state index contributed by atoms with van der Waals surface area (Å²) in [5, 5.41) is 14.5. The summed E-state index contributed by atoms with van der Waals surface area (Å²) in [7, 11) is 0. The van der Waals surface area contributed by atoms with Crippen LogP contribution >= 0.6 is 0 Å². The second-order valence-electron chi connectivity index (χ2n) is 11.7. The van der Waals surface area contributed by atoms with Crippen molar-refractivity contribution >= 4 is 22.3 Å². The molecule has 3 aromatic rings. The molecule has 7 heteroatoms. The van der Waals surface area contributed by atoms with Gasteiger partial charge in [-0.25, -0.2) is 4.79 Å². The van der Waals surface area contributed by atoms with Gasteiger partial charge in [-0.15, -0.1) is 0 Å². The topological polar surface area (TPSA) is 95.0 Å². The molecule has 208 valence electrons. The first-order chi connectivity index (χ1) is 18.4. The van der Waals surface area contributed by atoms with Gasteiger partial charge in [0, 0.05) is 58.6 Å². The molecule has 2 heterocycles. The minimum atomic E-state index is -1.21. The molecular formula is C32H42N4O3. The Hall–Kier alpha value is -3.31. The molecule has 1 aliphatic rings. The Morgan fingerprint density at radius 3 is 2.33 bits per heavy atom. The number of aliphatic hydroxyl groups is 1. The molecule has 7 nitrogen and oxygen atoms in total. The van der Waals surface area contributed by atoms with E-state index < -0.39 is 11.9 Å². The van der Waals surface area contributed by atoms with E-state index in [0.717, 1.165) is 42.6 Å². The second kappa shape index (κ2) is 11.4. The predicted octanol–water partition coefficient (Wildman–Crippen LogP) is 5.07. The summed E-state index contributed by atoms with van der Waals surface area (Å²) >= 11 is 0.